The standard InChI is InChI=1S/C21H23ClN4O3/c1-12(2)13-5-7-14(8-6-13)29-21-19(23)20(24-11-25-21)26-16-9-15(22)17(27-3)10-18(16)28-4/h5-12H,23H2,1-4H3,(H,24,25,26). The molecule has 1 heterocycles. The van der Waals surface area contributed by atoms with Crippen molar-refractivity contribution < 1.29 is 14.2 Å². The molecular weight excluding hydrogens is 392 g/mol. The second-order valence-electron chi connectivity index (χ2n) is 6.58. The maximum Gasteiger partial charge on any atom is 0.248 e. The number of halogens is 1. The fraction of sp³-hybridized carbons (Fsp3) is 0.238. The summed E-state index contributed by atoms with van der Waals surface area (Å²) in [5.74, 6) is 2.72. The third-order valence-electron chi connectivity index (χ3n) is 4.34. The molecule has 0 aliphatic carbocycles. The normalized spacial score (nSPS) is 10.7. The quantitative estimate of drug-likeness (QED) is 0.535. The van der Waals surface area contributed by atoms with Gasteiger partial charge >= 0.3 is 0 Å². The SMILES string of the molecule is COc1cc(OC)c(Nc2ncnc(Oc3ccc(C(C)C)cc3)c2N)cc1Cl. The number of nitrogen functional groups attached to an aromatic ring is 1. The molecule has 0 radical (unpaired) electrons. The smallest absolute Gasteiger partial charge is 0.248 e. The molecule has 29 heavy (non-hydrogen) atoms. The van der Waals surface area contributed by atoms with Crippen molar-refractivity contribution in [1.82, 2.24) is 9.97 Å². The molecule has 0 saturated carbocycles. The summed E-state index contributed by atoms with van der Waals surface area (Å²) in [6.07, 6.45) is 1.37. The summed E-state index contributed by atoms with van der Waals surface area (Å²) in [6, 6.07) is 11.1. The zero-order valence-corrected chi connectivity index (χ0v) is 17.4. The Balaban J connectivity index is 1.86. The van der Waals surface area contributed by atoms with Gasteiger partial charge in [0.15, 0.2) is 5.82 Å². The van der Waals surface area contributed by atoms with E-state index in [1.807, 2.05) is 24.3 Å². The van der Waals surface area contributed by atoms with E-state index in [1.54, 1.807) is 19.2 Å². The Kier molecular flexibility index (Phi) is 6.29. The first-order valence-corrected chi connectivity index (χ1v) is 9.37. The predicted octanol–water partition coefficient (Wildman–Crippen LogP) is 5.39. The molecule has 0 saturated heterocycles. The number of ether oxygens (including phenoxy) is 3. The molecule has 7 nitrogen and oxygen atoms in total. The summed E-state index contributed by atoms with van der Waals surface area (Å²) in [5.41, 5.74) is 8.29. The second kappa shape index (κ2) is 8.87. The van der Waals surface area contributed by atoms with Crippen molar-refractivity contribution in [2.75, 3.05) is 25.3 Å². The summed E-state index contributed by atoms with van der Waals surface area (Å²) >= 11 is 6.23. The van der Waals surface area contributed by atoms with Gasteiger partial charge in [0.1, 0.15) is 29.3 Å². The maximum atomic E-state index is 6.23. The van der Waals surface area contributed by atoms with Crippen LogP contribution in [-0.2, 0) is 0 Å². The van der Waals surface area contributed by atoms with Crippen LogP contribution < -0.4 is 25.3 Å². The highest BCUT2D eigenvalue weighted by Gasteiger charge is 2.15. The van der Waals surface area contributed by atoms with Gasteiger partial charge in [0.25, 0.3) is 0 Å². The Morgan fingerprint density at radius 1 is 1.00 bits per heavy atom. The van der Waals surface area contributed by atoms with Gasteiger partial charge in [-0.3, -0.25) is 0 Å². The van der Waals surface area contributed by atoms with Crippen LogP contribution in [0.25, 0.3) is 0 Å². The van der Waals surface area contributed by atoms with E-state index in [0.717, 1.165) is 0 Å². The average Bonchev–Trinajstić information content (AvgIpc) is 2.71. The van der Waals surface area contributed by atoms with Gasteiger partial charge < -0.3 is 25.3 Å². The van der Waals surface area contributed by atoms with Crippen molar-refractivity contribution in [2.24, 2.45) is 0 Å². The highest BCUT2D eigenvalue weighted by Crippen LogP contribution is 2.39. The summed E-state index contributed by atoms with van der Waals surface area (Å²) in [5, 5.41) is 3.53. The third-order valence-corrected chi connectivity index (χ3v) is 4.63. The average molecular weight is 415 g/mol. The van der Waals surface area contributed by atoms with E-state index in [2.05, 4.69) is 29.1 Å². The van der Waals surface area contributed by atoms with E-state index in [0.29, 0.717) is 39.7 Å². The third kappa shape index (κ3) is 4.63. The highest BCUT2D eigenvalue weighted by molar-refractivity contribution is 6.32. The lowest BCUT2D eigenvalue weighted by molar-refractivity contribution is 0.396. The first-order chi connectivity index (χ1) is 13.9. The Morgan fingerprint density at radius 2 is 1.69 bits per heavy atom. The second-order valence-corrected chi connectivity index (χ2v) is 6.99. The number of methoxy groups -OCH3 is 2. The van der Waals surface area contributed by atoms with Gasteiger partial charge in [-0.1, -0.05) is 37.6 Å². The van der Waals surface area contributed by atoms with Gasteiger partial charge in [-0.25, -0.2) is 4.98 Å². The van der Waals surface area contributed by atoms with Crippen LogP contribution >= 0.6 is 11.6 Å². The molecule has 0 amide bonds. The van der Waals surface area contributed by atoms with Crippen molar-refractivity contribution in [3.05, 3.63) is 53.3 Å². The minimum Gasteiger partial charge on any atom is -0.495 e. The maximum absolute atomic E-state index is 6.23. The topological polar surface area (TPSA) is 91.5 Å². The van der Waals surface area contributed by atoms with Gasteiger partial charge in [-0.2, -0.15) is 4.98 Å². The van der Waals surface area contributed by atoms with E-state index in [1.165, 1.54) is 19.0 Å². The number of rotatable bonds is 7. The fourth-order valence-corrected chi connectivity index (χ4v) is 2.92. The molecule has 0 atom stereocenters. The lowest BCUT2D eigenvalue weighted by Crippen LogP contribution is -2.04. The van der Waals surface area contributed by atoms with Gasteiger partial charge in [-0.05, 0) is 29.7 Å². The van der Waals surface area contributed by atoms with Crippen LogP contribution in [0.5, 0.6) is 23.1 Å². The Labute approximate surface area is 174 Å². The van der Waals surface area contributed by atoms with Crippen LogP contribution in [-0.4, -0.2) is 24.2 Å². The summed E-state index contributed by atoms with van der Waals surface area (Å²) in [7, 11) is 3.08. The Hall–Kier alpha value is -3.19. The van der Waals surface area contributed by atoms with Gasteiger partial charge in [0, 0.05) is 6.07 Å². The summed E-state index contributed by atoms with van der Waals surface area (Å²) in [4.78, 5) is 8.35. The van der Waals surface area contributed by atoms with Crippen LogP contribution in [0.3, 0.4) is 0 Å². The summed E-state index contributed by atoms with van der Waals surface area (Å²) < 4.78 is 16.5. The predicted molar refractivity (Wildman–Crippen MR) is 115 cm³/mol. The number of aromatic nitrogens is 2. The summed E-state index contributed by atoms with van der Waals surface area (Å²) in [6.45, 7) is 4.27. The van der Waals surface area contributed by atoms with Crippen molar-refractivity contribution in [3.63, 3.8) is 0 Å². The Bertz CT molecular complexity index is 994. The monoisotopic (exact) mass is 414 g/mol. The minimum absolute atomic E-state index is 0.248. The van der Waals surface area contributed by atoms with E-state index >= 15 is 0 Å². The molecule has 2 aromatic carbocycles. The molecule has 0 spiro atoms. The molecule has 3 rings (SSSR count). The molecule has 8 heteroatoms. The lowest BCUT2D eigenvalue weighted by Gasteiger charge is -2.15. The van der Waals surface area contributed by atoms with Gasteiger partial charge in [0.2, 0.25) is 5.88 Å². The first-order valence-electron chi connectivity index (χ1n) is 8.99. The van der Waals surface area contributed by atoms with E-state index in [9.17, 15) is 0 Å². The molecule has 1 aromatic heterocycles. The van der Waals surface area contributed by atoms with Crippen LogP contribution in [0.15, 0.2) is 42.7 Å². The van der Waals surface area contributed by atoms with Crippen molar-refractivity contribution >= 4 is 28.8 Å². The molecule has 0 aliphatic rings. The number of nitrogens with two attached hydrogens (primary N) is 1. The van der Waals surface area contributed by atoms with Crippen molar-refractivity contribution in [3.8, 4) is 23.1 Å². The number of anilines is 3. The molecular formula is C21H23ClN4O3. The van der Waals surface area contributed by atoms with Crippen LogP contribution in [0.2, 0.25) is 5.02 Å². The molecule has 3 N–H and O–H groups in total. The zero-order chi connectivity index (χ0) is 21.0. The Morgan fingerprint density at radius 3 is 2.31 bits per heavy atom. The van der Waals surface area contributed by atoms with Gasteiger partial charge in [-0.15, -0.1) is 0 Å². The van der Waals surface area contributed by atoms with Crippen LogP contribution in [0.4, 0.5) is 17.2 Å². The molecule has 3 aromatic rings. The van der Waals surface area contributed by atoms with Gasteiger partial charge in [0.05, 0.1) is 24.9 Å². The molecule has 0 bridgehead atoms. The molecule has 0 unspecified atom stereocenters. The lowest BCUT2D eigenvalue weighted by atomic mass is 10.0. The van der Waals surface area contributed by atoms with Crippen molar-refractivity contribution in [2.45, 2.75) is 19.8 Å². The highest BCUT2D eigenvalue weighted by atomic mass is 35.5. The zero-order valence-electron chi connectivity index (χ0n) is 16.7. The number of hydrogen-bond acceptors (Lipinski definition) is 7. The van der Waals surface area contributed by atoms with Crippen molar-refractivity contribution in [1.29, 1.82) is 0 Å². The molecule has 152 valence electrons. The molecule has 0 aliphatic heterocycles. The minimum atomic E-state index is 0.248. The first kappa shape index (κ1) is 20.5. The number of nitrogens with one attached hydrogen (secondary N) is 1. The van der Waals surface area contributed by atoms with E-state index in [-0.39, 0.29) is 11.6 Å². The van der Waals surface area contributed by atoms with Crippen LogP contribution in [0, 0.1) is 0 Å². The number of benzene rings is 2. The van der Waals surface area contributed by atoms with E-state index < -0.39 is 0 Å². The van der Waals surface area contributed by atoms with E-state index in [4.69, 9.17) is 31.5 Å². The number of nitrogens with zero attached hydrogens (tertiary/aromatic N) is 2. The van der Waals surface area contributed by atoms with Crippen LogP contribution in [0.1, 0.15) is 25.3 Å². The largest absolute Gasteiger partial charge is 0.495 e. The number of hydrogen-bond donors (Lipinski definition) is 2. The fourth-order valence-electron chi connectivity index (χ4n) is 2.68. The molecule has 0 fully saturated rings.